The lowest BCUT2D eigenvalue weighted by Gasteiger charge is -2.21. The molecule has 0 unspecified atom stereocenters. The molecule has 0 heteroatoms. The third-order valence-electron chi connectivity index (χ3n) is 2.94. The van der Waals surface area contributed by atoms with Crippen LogP contribution in [-0.2, 0) is 0 Å². The van der Waals surface area contributed by atoms with E-state index in [9.17, 15) is 0 Å². The van der Waals surface area contributed by atoms with Crippen LogP contribution in [0.2, 0.25) is 0 Å². The van der Waals surface area contributed by atoms with Crippen LogP contribution in [0.1, 0.15) is 34.1 Å². The van der Waals surface area contributed by atoms with Crippen LogP contribution >= 0.6 is 0 Å². The van der Waals surface area contributed by atoms with Gasteiger partial charge in [0.25, 0.3) is 0 Å². The average molecular weight is 136 g/mol. The van der Waals surface area contributed by atoms with Crippen molar-refractivity contribution in [3.8, 4) is 0 Å². The molecule has 0 amide bonds. The molecule has 0 nitrogen and oxygen atoms in total. The first-order valence-corrected chi connectivity index (χ1v) is 3.81. The summed E-state index contributed by atoms with van der Waals surface area (Å²) >= 11 is 0. The van der Waals surface area contributed by atoms with E-state index in [1.807, 2.05) is 0 Å². The van der Waals surface area contributed by atoms with Gasteiger partial charge in [0.15, 0.2) is 0 Å². The van der Waals surface area contributed by atoms with E-state index in [1.165, 1.54) is 16.7 Å². The SMILES string of the molecule is C=C1CC(C)=C(C)C1(C)C. The highest BCUT2D eigenvalue weighted by molar-refractivity contribution is 5.38. The van der Waals surface area contributed by atoms with Crippen LogP contribution in [0.25, 0.3) is 0 Å². The summed E-state index contributed by atoms with van der Waals surface area (Å²) in [6.07, 6.45) is 1.11. The highest BCUT2D eigenvalue weighted by atomic mass is 14.3. The summed E-state index contributed by atoms with van der Waals surface area (Å²) in [6, 6.07) is 0. The molecule has 0 fully saturated rings. The highest BCUT2D eigenvalue weighted by Gasteiger charge is 2.30. The summed E-state index contributed by atoms with van der Waals surface area (Å²) < 4.78 is 0. The van der Waals surface area contributed by atoms with Crippen molar-refractivity contribution in [1.29, 1.82) is 0 Å². The standard InChI is InChI=1S/C10H16/c1-7-6-8(2)10(4,5)9(7)3/h2,6H2,1,3-5H3. The van der Waals surface area contributed by atoms with Crippen LogP contribution in [0.15, 0.2) is 23.3 Å². The van der Waals surface area contributed by atoms with Crippen molar-refractivity contribution in [1.82, 2.24) is 0 Å². The minimum absolute atomic E-state index is 0.268. The van der Waals surface area contributed by atoms with Crippen LogP contribution in [0, 0.1) is 5.41 Å². The van der Waals surface area contributed by atoms with Crippen LogP contribution < -0.4 is 0 Å². The molecule has 0 aliphatic heterocycles. The molecule has 1 aliphatic carbocycles. The smallest absolute Gasteiger partial charge is 0.00644 e. The Morgan fingerprint density at radius 1 is 1.30 bits per heavy atom. The van der Waals surface area contributed by atoms with Crippen molar-refractivity contribution < 1.29 is 0 Å². The number of allylic oxidation sites excluding steroid dienone is 3. The van der Waals surface area contributed by atoms with E-state index in [-0.39, 0.29) is 5.41 Å². The second kappa shape index (κ2) is 1.98. The zero-order chi connectivity index (χ0) is 7.94. The van der Waals surface area contributed by atoms with Crippen LogP contribution in [0.4, 0.5) is 0 Å². The zero-order valence-corrected chi connectivity index (χ0v) is 7.41. The molecule has 0 atom stereocenters. The van der Waals surface area contributed by atoms with Crippen LogP contribution in [0.5, 0.6) is 0 Å². The van der Waals surface area contributed by atoms with Crippen LogP contribution in [-0.4, -0.2) is 0 Å². The summed E-state index contributed by atoms with van der Waals surface area (Å²) in [5, 5.41) is 0. The van der Waals surface area contributed by atoms with Gasteiger partial charge in [-0.15, -0.1) is 0 Å². The summed E-state index contributed by atoms with van der Waals surface area (Å²) in [5.74, 6) is 0. The predicted octanol–water partition coefficient (Wildman–Crippen LogP) is 3.31. The van der Waals surface area contributed by atoms with E-state index in [4.69, 9.17) is 0 Å². The second-order valence-electron chi connectivity index (χ2n) is 3.81. The van der Waals surface area contributed by atoms with E-state index >= 15 is 0 Å². The molecule has 0 saturated carbocycles. The number of hydrogen-bond acceptors (Lipinski definition) is 0. The number of hydrogen-bond donors (Lipinski definition) is 0. The molecule has 1 aliphatic rings. The Kier molecular flexibility index (Phi) is 1.50. The molecule has 56 valence electrons. The van der Waals surface area contributed by atoms with Gasteiger partial charge in [0, 0.05) is 5.41 Å². The van der Waals surface area contributed by atoms with Crippen molar-refractivity contribution in [2.45, 2.75) is 34.1 Å². The quantitative estimate of drug-likeness (QED) is 0.448. The Bertz CT molecular complexity index is 204. The van der Waals surface area contributed by atoms with Gasteiger partial charge in [-0.2, -0.15) is 0 Å². The van der Waals surface area contributed by atoms with Gasteiger partial charge in [-0.1, -0.05) is 37.1 Å². The Morgan fingerprint density at radius 3 is 1.90 bits per heavy atom. The van der Waals surface area contributed by atoms with E-state index in [0.717, 1.165) is 6.42 Å². The van der Waals surface area contributed by atoms with Gasteiger partial charge in [0.2, 0.25) is 0 Å². The lowest BCUT2D eigenvalue weighted by atomic mass is 9.83. The molecule has 0 saturated heterocycles. The van der Waals surface area contributed by atoms with Crippen molar-refractivity contribution in [3.63, 3.8) is 0 Å². The molecule has 0 aromatic carbocycles. The van der Waals surface area contributed by atoms with Gasteiger partial charge in [-0.05, 0) is 20.3 Å². The first-order chi connectivity index (χ1) is 4.46. The van der Waals surface area contributed by atoms with Crippen molar-refractivity contribution in [2.75, 3.05) is 0 Å². The monoisotopic (exact) mass is 136 g/mol. The molecule has 0 radical (unpaired) electrons. The molecular formula is C10H16. The summed E-state index contributed by atoms with van der Waals surface area (Å²) in [6.45, 7) is 13.0. The first-order valence-electron chi connectivity index (χ1n) is 3.81. The average Bonchev–Trinajstić information content (AvgIpc) is 1.97. The fraction of sp³-hybridized carbons (Fsp3) is 0.600. The topological polar surface area (TPSA) is 0 Å². The fourth-order valence-electron chi connectivity index (χ4n) is 1.47. The van der Waals surface area contributed by atoms with Gasteiger partial charge in [0.1, 0.15) is 0 Å². The Labute approximate surface area is 63.6 Å². The van der Waals surface area contributed by atoms with E-state index in [2.05, 4.69) is 34.3 Å². The van der Waals surface area contributed by atoms with Gasteiger partial charge in [-0.3, -0.25) is 0 Å². The fourth-order valence-corrected chi connectivity index (χ4v) is 1.47. The lowest BCUT2D eigenvalue weighted by molar-refractivity contribution is 0.556. The maximum atomic E-state index is 4.07. The van der Waals surface area contributed by atoms with Gasteiger partial charge < -0.3 is 0 Å². The summed E-state index contributed by atoms with van der Waals surface area (Å²) in [5.41, 5.74) is 4.65. The molecule has 1 rings (SSSR count). The maximum absolute atomic E-state index is 4.07. The molecule has 0 N–H and O–H groups in total. The van der Waals surface area contributed by atoms with Crippen molar-refractivity contribution in [2.24, 2.45) is 5.41 Å². The van der Waals surface area contributed by atoms with Crippen molar-refractivity contribution >= 4 is 0 Å². The van der Waals surface area contributed by atoms with E-state index in [0.29, 0.717) is 0 Å². The third-order valence-corrected chi connectivity index (χ3v) is 2.94. The molecular weight excluding hydrogens is 120 g/mol. The molecule has 10 heavy (non-hydrogen) atoms. The van der Waals surface area contributed by atoms with Crippen LogP contribution in [0.3, 0.4) is 0 Å². The van der Waals surface area contributed by atoms with Crippen molar-refractivity contribution in [3.05, 3.63) is 23.3 Å². The molecule has 0 aromatic heterocycles. The Hall–Kier alpha value is -0.520. The maximum Gasteiger partial charge on any atom is 0.00644 e. The normalized spacial score (nSPS) is 24.2. The first kappa shape index (κ1) is 7.59. The van der Waals surface area contributed by atoms with E-state index in [1.54, 1.807) is 0 Å². The van der Waals surface area contributed by atoms with Gasteiger partial charge in [-0.25, -0.2) is 0 Å². The molecule has 0 spiro atoms. The molecule has 0 bridgehead atoms. The minimum Gasteiger partial charge on any atom is -0.0987 e. The Morgan fingerprint density at radius 2 is 1.80 bits per heavy atom. The largest absolute Gasteiger partial charge is 0.0987 e. The summed E-state index contributed by atoms with van der Waals surface area (Å²) in [7, 11) is 0. The molecule has 0 heterocycles. The zero-order valence-electron chi connectivity index (χ0n) is 7.41. The molecule has 0 aromatic rings. The van der Waals surface area contributed by atoms with Gasteiger partial charge in [0.05, 0.1) is 0 Å². The third kappa shape index (κ3) is 0.828. The highest BCUT2D eigenvalue weighted by Crippen LogP contribution is 2.44. The second-order valence-corrected chi connectivity index (χ2v) is 3.81. The van der Waals surface area contributed by atoms with Gasteiger partial charge >= 0.3 is 0 Å². The van der Waals surface area contributed by atoms with E-state index < -0.39 is 0 Å². The Balaban J connectivity index is 3.06. The summed E-state index contributed by atoms with van der Waals surface area (Å²) in [4.78, 5) is 0. The number of rotatable bonds is 0. The minimum atomic E-state index is 0.268. The predicted molar refractivity (Wildman–Crippen MR) is 45.9 cm³/mol. The lowest BCUT2D eigenvalue weighted by Crippen LogP contribution is -2.09.